The molecule has 16 heavy (non-hydrogen) atoms. The van der Waals surface area contributed by atoms with E-state index in [1.807, 2.05) is 0 Å². The van der Waals surface area contributed by atoms with Gasteiger partial charge >= 0.3 is 5.97 Å². The molecular formula is C11H10N2O3. The molecule has 5 heteroatoms. The Morgan fingerprint density at radius 1 is 1.50 bits per heavy atom. The molecule has 0 bridgehead atoms. The second-order valence-corrected chi connectivity index (χ2v) is 3.14. The Kier molecular flexibility index (Phi) is 2.59. The van der Waals surface area contributed by atoms with Gasteiger partial charge in [-0.05, 0) is 24.3 Å². The Morgan fingerprint density at radius 2 is 2.31 bits per heavy atom. The second-order valence-electron chi connectivity index (χ2n) is 3.14. The van der Waals surface area contributed by atoms with Crippen molar-refractivity contribution in [3.8, 4) is 11.4 Å². The standard InChI is InChI=1S/C11H10N2O3/c1-16-10-7-8(11(14)15)3-4-9(10)13-6-2-5-12-13/h2-7H,1H3,(H,14,15). The first-order valence-corrected chi connectivity index (χ1v) is 4.63. The number of hydrogen-bond donors (Lipinski definition) is 1. The molecule has 0 saturated heterocycles. The molecule has 82 valence electrons. The maximum atomic E-state index is 10.8. The molecule has 0 aliphatic carbocycles. The van der Waals surface area contributed by atoms with Crippen molar-refractivity contribution in [1.29, 1.82) is 0 Å². The molecule has 0 fully saturated rings. The van der Waals surface area contributed by atoms with Crippen LogP contribution in [0.25, 0.3) is 5.69 Å². The van der Waals surface area contributed by atoms with E-state index in [1.165, 1.54) is 19.2 Å². The van der Waals surface area contributed by atoms with Gasteiger partial charge in [-0.25, -0.2) is 9.48 Å². The summed E-state index contributed by atoms with van der Waals surface area (Å²) in [7, 11) is 1.49. The van der Waals surface area contributed by atoms with Gasteiger partial charge in [0.1, 0.15) is 11.4 Å². The molecule has 1 aromatic heterocycles. The third-order valence-electron chi connectivity index (χ3n) is 2.18. The Labute approximate surface area is 91.9 Å². The van der Waals surface area contributed by atoms with Crippen LogP contribution in [0.2, 0.25) is 0 Å². The lowest BCUT2D eigenvalue weighted by atomic mass is 10.2. The van der Waals surface area contributed by atoms with Crippen molar-refractivity contribution in [2.75, 3.05) is 7.11 Å². The molecule has 0 aliphatic rings. The lowest BCUT2D eigenvalue weighted by Gasteiger charge is -2.08. The van der Waals surface area contributed by atoms with Crippen LogP contribution in [0.3, 0.4) is 0 Å². The Hall–Kier alpha value is -2.30. The number of benzene rings is 1. The fourth-order valence-corrected chi connectivity index (χ4v) is 1.41. The van der Waals surface area contributed by atoms with Crippen LogP contribution in [0.4, 0.5) is 0 Å². The minimum atomic E-state index is -0.981. The van der Waals surface area contributed by atoms with Crippen molar-refractivity contribution in [2.45, 2.75) is 0 Å². The number of hydrogen-bond acceptors (Lipinski definition) is 3. The maximum absolute atomic E-state index is 10.8. The molecule has 1 N–H and O–H groups in total. The Morgan fingerprint density at radius 3 is 2.88 bits per heavy atom. The molecule has 1 aromatic carbocycles. The van der Waals surface area contributed by atoms with Crippen LogP contribution in [0, 0.1) is 0 Å². The Balaban J connectivity index is 2.51. The maximum Gasteiger partial charge on any atom is 0.335 e. The second kappa shape index (κ2) is 4.06. The summed E-state index contributed by atoms with van der Waals surface area (Å²) in [5, 5.41) is 12.9. The van der Waals surface area contributed by atoms with Gasteiger partial charge in [0, 0.05) is 12.4 Å². The number of aromatic carboxylic acids is 1. The highest BCUT2D eigenvalue weighted by Crippen LogP contribution is 2.23. The fraction of sp³-hybridized carbons (Fsp3) is 0.0909. The van der Waals surface area contributed by atoms with E-state index < -0.39 is 5.97 Å². The molecule has 0 amide bonds. The van der Waals surface area contributed by atoms with Crippen molar-refractivity contribution >= 4 is 5.97 Å². The Bertz CT molecular complexity index is 506. The lowest BCUT2D eigenvalue weighted by molar-refractivity contribution is 0.0696. The van der Waals surface area contributed by atoms with Crippen LogP contribution in [-0.2, 0) is 0 Å². The van der Waals surface area contributed by atoms with Gasteiger partial charge in [-0.3, -0.25) is 0 Å². The molecule has 0 aliphatic heterocycles. The zero-order valence-electron chi connectivity index (χ0n) is 8.62. The predicted octanol–water partition coefficient (Wildman–Crippen LogP) is 1.58. The third-order valence-corrected chi connectivity index (χ3v) is 2.18. The zero-order valence-corrected chi connectivity index (χ0v) is 8.62. The first kappa shape index (κ1) is 10.2. The van der Waals surface area contributed by atoms with Gasteiger partial charge in [0.25, 0.3) is 0 Å². The van der Waals surface area contributed by atoms with Gasteiger partial charge in [-0.2, -0.15) is 5.10 Å². The van der Waals surface area contributed by atoms with Gasteiger partial charge in [0.2, 0.25) is 0 Å². The number of ether oxygens (including phenoxy) is 1. The van der Waals surface area contributed by atoms with E-state index >= 15 is 0 Å². The van der Waals surface area contributed by atoms with Crippen LogP contribution in [0.1, 0.15) is 10.4 Å². The summed E-state index contributed by atoms with van der Waals surface area (Å²) in [5.74, 6) is -0.506. The monoisotopic (exact) mass is 218 g/mol. The number of carboxylic acid groups (broad SMARTS) is 1. The number of aromatic nitrogens is 2. The summed E-state index contributed by atoms with van der Waals surface area (Å²) in [4.78, 5) is 10.8. The first-order chi connectivity index (χ1) is 7.72. The van der Waals surface area contributed by atoms with Crippen molar-refractivity contribution < 1.29 is 14.6 Å². The largest absolute Gasteiger partial charge is 0.494 e. The van der Waals surface area contributed by atoms with Crippen LogP contribution < -0.4 is 4.74 Å². The van der Waals surface area contributed by atoms with E-state index in [-0.39, 0.29) is 5.56 Å². The molecule has 5 nitrogen and oxygen atoms in total. The van der Waals surface area contributed by atoms with Gasteiger partial charge in [0.15, 0.2) is 0 Å². The quantitative estimate of drug-likeness (QED) is 0.849. The van der Waals surface area contributed by atoms with E-state index in [1.54, 1.807) is 29.2 Å². The summed E-state index contributed by atoms with van der Waals surface area (Å²) in [5.41, 5.74) is 0.894. The summed E-state index contributed by atoms with van der Waals surface area (Å²) in [6.07, 6.45) is 3.41. The molecule has 0 unspecified atom stereocenters. The highest BCUT2D eigenvalue weighted by Gasteiger charge is 2.10. The fourth-order valence-electron chi connectivity index (χ4n) is 1.41. The van der Waals surface area contributed by atoms with Gasteiger partial charge in [-0.15, -0.1) is 0 Å². The van der Waals surface area contributed by atoms with Crippen LogP contribution in [0.15, 0.2) is 36.7 Å². The lowest BCUT2D eigenvalue weighted by Crippen LogP contribution is -2.02. The molecule has 2 aromatic rings. The summed E-state index contributed by atoms with van der Waals surface area (Å²) >= 11 is 0. The number of carbonyl (C=O) groups is 1. The minimum absolute atomic E-state index is 0.188. The minimum Gasteiger partial charge on any atom is -0.494 e. The van der Waals surface area contributed by atoms with E-state index in [2.05, 4.69) is 5.10 Å². The van der Waals surface area contributed by atoms with Crippen molar-refractivity contribution in [3.63, 3.8) is 0 Å². The first-order valence-electron chi connectivity index (χ1n) is 4.63. The summed E-state index contributed by atoms with van der Waals surface area (Å²) in [6, 6.07) is 6.43. The van der Waals surface area contributed by atoms with Crippen molar-refractivity contribution in [3.05, 3.63) is 42.2 Å². The number of nitrogens with zero attached hydrogens (tertiary/aromatic N) is 2. The zero-order chi connectivity index (χ0) is 11.5. The van der Waals surface area contributed by atoms with E-state index in [0.717, 1.165) is 0 Å². The topological polar surface area (TPSA) is 64.3 Å². The van der Waals surface area contributed by atoms with Crippen LogP contribution >= 0.6 is 0 Å². The number of rotatable bonds is 3. The van der Waals surface area contributed by atoms with Crippen LogP contribution in [-0.4, -0.2) is 28.0 Å². The van der Waals surface area contributed by atoms with Gasteiger partial charge in [0.05, 0.1) is 12.7 Å². The normalized spacial score (nSPS) is 10.1. The average molecular weight is 218 g/mol. The van der Waals surface area contributed by atoms with Gasteiger partial charge in [-0.1, -0.05) is 0 Å². The summed E-state index contributed by atoms with van der Waals surface area (Å²) < 4.78 is 6.75. The average Bonchev–Trinajstić information content (AvgIpc) is 2.81. The van der Waals surface area contributed by atoms with Crippen molar-refractivity contribution in [1.82, 2.24) is 9.78 Å². The summed E-state index contributed by atoms with van der Waals surface area (Å²) in [6.45, 7) is 0. The van der Waals surface area contributed by atoms with E-state index in [9.17, 15) is 4.79 Å². The number of carboxylic acids is 1. The smallest absolute Gasteiger partial charge is 0.335 e. The van der Waals surface area contributed by atoms with Crippen molar-refractivity contribution in [2.24, 2.45) is 0 Å². The van der Waals surface area contributed by atoms with E-state index in [0.29, 0.717) is 11.4 Å². The molecular weight excluding hydrogens is 208 g/mol. The molecule has 1 heterocycles. The highest BCUT2D eigenvalue weighted by molar-refractivity contribution is 5.88. The molecule has 0 atom stereocenters. The molecule has 0 radical (unpaired) electrons. The molecule has 2 rings (SSSR count). The SMILES string of the molecule is COc1cc(C(=O)O)ccc1-n1cccn1. The molecule has 0 saturated carbocycles. The highest BCUT2D eigenvalue weighted by atomic mass is 16.5. The third kappa shape index (κ3) is 1.75. The number of methoxy groups -OCH3 is 1. The van der Waals surface area contributed by atoms with Crippen LogP contribution in [0.5, 0.6) is 5.75 Å². The predicted molar refractivity (Wildman–Crippen MR) is 57.1 cm³/mol. The molecule has 0 spiro atoms. The van der Waals surface area contributed by atoms with Gasteiger partial charge < -0.3 is 9.84 Å². The van der Waals surface area contributed by atoms with E-state index in [4.69, 9.17) is 9.84 Å².